The Morgan fingerprint density at radius 3 is 2.40 bits per heavy atom. The second-order valence-electron chi connectivity index (χ2n) is 4.85. The highest BCUT2D eigenvalue weighted by Crippen LogP contribution is 2.21. The summed E-state index contributed by atoms with van der Waals surface area (Å²) in [6.45, 7) is 0. The molecule has 2 rings (SSSR count). The van der Waals surface area contributed by atoms with Gasteiger partial charge in [-0.05, 0) is 60.0 Å². The first kappa shape index (κ1) is 15.2. The summed E-state index contributed by atoms with van der Waals surface area (Å²) in [5, 5.41) is 7.55. The van der Waals surface area contributed by atoms with Crippen LogP contribution in [0.25, 0.3) is 0 Å². The Labute approximate surface area is 124 Å². The quantitative estimate of drug-likeness (QED) is 0.892. The smallest absolute Gasteiger partial charge is 0.175 e. The minimum Gasteiger partial charge on any atom is -0.313 e. The zero-order valence-corrected chi connectivity index (χ0v) is 13.3. The molecule has 1 unspecified atom stereocenters. The second-order valence-corrected chi connectivity index (χ2v) is 7.65. The van der Waals surface area contributed by atoms with Crippen LogP contribution in [0.1, 0.15) is 23.6 Å². The van der Waals surface area contributed by atoms with Crippen LogP contribution in [0.5, 0.6) is 0 Å². The lowest BCUT2D eigenvalue weighted by Gasteiger charge is -2.16. The van der Waals surface area contributed by atoms with Crippen LogP contribution in [0.15, 0.2) is 46.0 Å². The van der Waals surface area contributed by atoms with E-state index in [1.54, 1.807) is 23.5 Å². The maximum atomic E-state index is 11.5. The average Bonchev–Trinajstić information content (AvgIpc) is 2.92. The van der Waals surface area contributed by atoms with Crippen LogP contribution in [-0.2, 0) is 16.3 Å². The third kappa shape index (κ3) is 3.91. The molecule has 108 valence electrons. The maximum absolute atomic E-state index is 11.5. The van der Waals surface area contributed by atoms with Gasteiger partial charge in [-0.25, -0.2) is 8.42 Å². The van der Waals surface area contributed by atoms with Crippen LogP contribution in [0, 0.1) is 0 Å². The molecule has 20 heavy (non-hydrogen) atoms. The highest BCUT2D eigenvalue weighted by molar-refractivity contribution is 7.90. The van der Waals surface area contributed by atoms with E-state index < -0.39 is 9.84 Å². The van der Waals surface area contributed by atoms with Gasteiger partial charge in [0.25, 0.3) is 0 Å². The molecule has 0 saturated heterocycles. The van der Waals surface area contributed by atoms with Crippen molar-refractivity contribution >= 4 is 21.2 Å². The highest BCUT2D eigenvalue weighted by Gasteiger charge is 2.12. The summed E-state index contributed by atoms with van der Waals surface area (Å²) in [5.41, 5.74) is 2.47. The molecule has 1 atom stereocenters. The molecule has 0 aliphatic carbocycles. The van der Waals surface area contributed by atoms with Crippen molar-refractivity contribution in [3.8, 4) is 0 Å². The Morgan fingerprint density at radius 2 is 1.90 bits per heavy atom. The molecular weight excluding hydrogens is 290 g/mol. The number of rotatable bonds is 6. The number of thiophene rings is 1. The number of hydrogen-bond acceptors (Lipinski definition) is 4. The summed E-state index contributed by atoms with van der Waals surface area (Å²) in [6.07, 6.45) is 3.24. The second kappa shape index (κ2) is 6.52. The molecule has 1 aromatic carbocycles. The van der Waals surface area contributed by atoms with E-state index in [1.807, 2.05) is 19.2 Å². The van der Waals surface area contributed by atoms with Gasteiger partial charge in [0.05, 0.1) is 4.90 Å². The molecule has 0 radical (unpaired) electrons. The number of benzene rings is 1. The van der Waals surface area contributed by atoms with E-state index in [2.05, 4.69) is 22.1 Å². The molecule has 0 bridgehead atoms. The van der Waals surface area contributed by atoms with Gasteiger partial charge < -0.3 is 5.32 Å². The molecule has 1 aromatic heterocycles. The van der Waals surface area contributed by atoms with Crippen LogP contribution in [0.3, 0.4) is 0 Å². The van der Waals surface area contributed by atoms with Gasteiger partial charge in [0.1, 0.15) is 0 Å². The molecule has 1 heterocycles. The predicted molar refractivity (Wildman–Crippen MR) is 84.0 cm³/mol. The Kier molecular flexibility index (Phi) is 4.96. The van der Waals surface area contributed by atoms with Gasteiger partial charge in [0, 0.05) is 12.3 Å². The lowest BCUT2D eigenvalue weighted by Crippen LogP contribution is -2.17. The summed E-state index contributed by atoms with van der Waals surface area (Å²) in [7, 11) is -1.19. The van der Waals surface area contributed by atoms with E-state index in [-0.39, 0.29) is 6.04 Å². The van der Waals surface area contributed by atoms with Crippen LogP contribution in [0.2, 0.25) is 0 Å². The maximum Gasteiger partial charge on any atom is 0.175 e. The Balaban J connectivity index is 2.07. The normalized spacial score (nSPS) is 13.3. The molecule has 2 aromatic rings. The summed E-state index contributed by atoms with van der Waals surface area (Å²) in [4.78, 5) is 0.369. The van der Waals surface area contributed by atoms with Gasteiger partial charge in [-0.1, -0.05) is 12.1 Å². The van der Waals surface area contributed by atoms with Crippen molar-refractivity contribution in [3.63, 3.8) is 0 Å². The van der Waals surface area contributed by atoms with Gasteiger partial charge in [-0.3, -0.25) is 0 Å². The standard InChI is InChI=1S/C15H19NO2S2/c1-16-15(8-3-12-9-10-19-11-12)13-4-6-14(7-5-13)20(2,17)18/h4-7,9-11,15-16H,3,8H2,1-2H3. The summed E-state index contributed by atoms with van der Waals surface area (Å²) in [5.74, 6) is 0. The van der Waals surface area contributed by atoms with Crippen molar-refractivity contribution in [3.05, 3.63) is 52.2 Å². The molecule has 0 aliphatic heterocycles. The van der Waals surface area contributed by atoms with Crippen molar-refractivity contribution in [1.29, 1.82) is 0 Å². The third-order valence-electron chi connectivity index (χ3n) is 3.36. The van der Waals surface area contributed by atoms with Gasteiger partial charge in [-0.2, -0.15) is 11.3 Å². The first-order valence-corrected chi connectivity index (χ1v) is 9.32. The van der Waals surface area contributed by atoms with Gasteiger partial charge in [0.2, 0.25) is 0 Å². The molecule has 3 nitrogen and oxygen atoms in total. The molecule has 0 fully saturated rings. The Morgan fingerprint density at radius 1 is 1.20 bits per heavy atom. The van der Waals surface area contributed by atoms with Crippen LogP contribution >= 0.6 is 11.3 Å². The number of hydrogen-bond donors (Lipinski definition) is 1. The fraction of sp³-hybridized carbons (Fsp3) is 0.333. The monoisotopic (exact) mass is 309 g/mol. The summed E-state index contributed by atoms with van der Waals surface area (Å²) >= 11 is 1.71. The molecule has 0 spiro atoms. The molecule has 5 heteroatoms. The fourth-order valence-corrected chi connectivity index (χ4v) is 3.50. The number of aryl methyl sites for hydroxylation is 1. The molecule has 0 amide bonds. The van der Waals surface area contributed by atoms with Crippen molar-refractivity contribution in [2.24, 2.45) is 0 Å². The van der Waals surface area contributed by atoms with Crippen LogP contribution in [0.4, 0.5) is 0 Å². The first-order valence-electron chi connectivity index (χ1n) is 6.49. The molecule has 0 saturated carbocycles. The van der Waals surface area contributed by atoms with E-state index in [9.17, 15) is 8.42 Å². The van der Waals surface area contributed by atoms with E-state index in [0.29, 0.717) is 4.90 Å². The first-order chi connectivity index (χ1) is 9.50. The molecular formula is C15H19NO2S2. The largest absolute Gasteiger partial charge is 0.313 e. The summed E-state index contributed by atoms with van der Waals surface area (Å²) < 4.78 is 22.9. The van der Waals surface area contributed by atoms with Gasteiger partial charge in [0.15, 0.2) is 9.84 Å². The SMILES string of the molecule is CNC(CCc1ccsc1)c1ccc(S(C)(=O)=O)cc1. The minimum absolute atomic E-state index is 0.239. The van der Waals surface area contributed by atoms with Gasteiger partial charge >= 0.3 is 0 Å². The minimum atomic E-state index is -3.12. The Bertz CT molecular complexity index is 631. The predicted octanol–water partition coefficient (Wildman–Crippen LogP) is 3.04. The highest BCUT2D eigenvalue weighted by atomic mass is 32.2. The van der Waals surface area contributed by atoms with Gasteiger partial charge in [-0.15, -0.1) is 0 Å². The Hall–Kier alpha value is -1.17. The van der Waals surface area contributed by atoms with E-state index in [4.69, 9.17) is 0 Å². The fourth-order valence-electron chi connectivity index (χ4n) is 2.17. The van der Waals surface area contributed by atoms with E-state index in [0.717, 1.165) is 18.4 Å². The zero-order valence-electron chi connectivity index (χ0n) is 11.7. The number of sulfone groups is 1. The average molecular weight is 309 g/mol. The molecule has 0 aliphatic rings. The van der Waals surface area contributed by atoms with Crippen LogP contribution < -0.4 is 5.32 Å². The van der Waals surface area contributed by atoms with Crippen molar-refractivity contribution in [2.45, 2.75) is 23.8 Å². The summed E-state index contributed by atoms with van der Waals surface area (Å²) in [6, 6.07) is 9.53. The van der Waals surface area contributed by atoms with E-state index in [1.165, 1.54) is 11.8 Å². The molecule has 1 N–H and O–H groups in total. The topological polar surface area (TPSA) is 46.2 Å². The lowest BCUT2D eigenvalue weighted by molar-refractivity contribution is 0.549. The van der Waals surface area contributed by atoms with Crippen molar-refractivity contribution in [2.75, 3.05) is 13.3 Å². The van der Waals surface area contributed by atoms with Crippen molar-refractivity contribution in [1.82, 2.24) is 5.32 Å². The third-order valence-corrected chi connectivity index (χ3v) is 5.22. The zero-order chi connectivity index (χ0) is 14.6. The lowest BCUT2D eigenvalue weighted by atomic mass is 10.0. The van der Waals surface area contributed by atoms with Crippen LogP contribution in [-0.4, -0.2) is 21.7 Å². The van der Waals surface area contributed by atoms with Crippen molar-refractivity contribution < 1.29 is 8.42 Å². The van der Waals surface area contributed by atoms with E-state index >= 15 is 0 Å². The number of nitrogens with one attached hydrogen (secondary N) is 1.